The molecule has 2 saturated carbocycles. The molecule has 218 valence electrons. The van der Waals surface area contributed by atoms with E-state index in [4.69, 9.17) is 9.72 Å². The van der Waals surface area contributed by atoms with E-state index in [0.29, 0.717) is 24.1 Å². The Bertz CT molecular complexity index is 1320. The number of hydrogen-bond donors (Lipinski definition) is 3. The van der Waals surface area contributed by atoms with E-state index in [0.717, 1.165) is 86.0 Å². The summed E-state index contributed by atoms with van der Waals surface area (Å²) in [5.41, 5.74) is 4.97. The zero-order valence-electron chi connectivity index (χ0n) is 23.9. The molecule has 0 atom stereocenters. The summed E-state index contributed by atoms with van der Waals surface area (Å²) in [5, 5.41) is 19.3. The second-order valence-corrected chi connectivity index (χ2v) is 12.3. The van der Waals surface area contributed by atoms with Crippen LogP contribution in [0.5, 0.6) is 0 Å². The Morgan fingerprint density at radius 1 is 1.12 bits per heavy atom. The summed E-state index contributed by atoms with van der Waals surface area (Å²) in [6.45, 7) is 1.68. The maximum Gasteiger partial charge on any atom is 0.405 e. The van der Waals surface area contributed by atoms with Crippen molar-refractivity contribution in [3.8, 4) is 22.4 Å². The second kappa shape index (κ2) is 13.1. The van der Waals surface area contributed by atoms with Gasteiger partial charge in [0.15, 0.2) is 0 Å². The maximum atomic E-state index is 13.0. The standard InChI is InChI=1S/C32H40N4O4S/c1-36(15-16-40-2)27-10-4-22(5-11-27)18-29(37)34-26-19-28(24-12-17-41-21-24)30(33-20-26)23-6-8-25(9-7-23)32(13-3-14-32)35-31(38)39/h6-9,12,17,19-22,27,35H,3-5,10-11,13-16,18H2,1-2H3,(H,34,37)(H,38,39)/t22-,27-. The number of ether oxygens (including phenoxy) is 1. The number of likely N-dealkylation sites (N-methyl/N-ethyl adjacent to an activating group) is 1. The van der Waals surface area contributed by atoms with Crippen molar-refractivity contribution in [2.24, 2.45) is 5.92 Å². The molecule has 0 aliphatic heterocycles. The van der Waals surface area contributed by atoms with Gasteiger partial charge >= 0.3 is 6.09 Å². The summed E-state index contributed by atoms with van der Waals surface area (Å²) in [6, 6.07) is 12.7. The van der Waals surface area contributed by atoms with E-state index in [9.17, 15) is 14.7 Å². The number of carbonyl (C=O) groups is 2. The monoisotopic (exact) mass is 576 g/mol. The molecule has 5 rings (SSSR count). The van der Waals surface area contributed by atoms with Crippen LogP contribution in [0, 0.1) is 5.92 Å². The molecule has 3 N–H and O–H groups in total. The Kier molecular flexibility index (Phi) is 9.37. The molecule has 3 aromatic rings. The van der Waals surface area contributed by atoms with E-state index in [1.54, 1.807) is 24.6 Å². The molecule has 2 fully saturated rings. The van der Waals surface area contributed by atoms with Gasteiger partial charge in [0.2, 0.25) is 5.91 Å². The normalized spacial score (nSPS) is 19.9. The van der Waals surface area contributed by atoms with Crippen LogP contribution in [0.2, 0.25) is 0 Å². The van der Waals surface area contributed by atoms with Crippen molar-refractivity contribution in [2.45, 2.75) is 62.9 Å². The predicted octanol–water partition coefficient (Wildman–Crippen LogP) is 6.59. The van der Waals surface area contributed by atoms with Gasteiger partial charge in [-0.25, -0.2) is 4.79 Å². The van der Waals surface area contributed by atoms with E-state index < -0.39 is 11.6 Å². The number of thiophene rings is 1. The molecule has 0 radical (unpaired) electrons. The molecule has 0 saturated heterocycles. The molecule has 0 unspecified atom stereocenters. The third kappa shape index (κ3) is 6.97. The Balaban J connectivity index is 1.26. The van der Waals surface area contributed by atoms with Gasteiger partial charge in [-0.05, 0) is 91.9 Å². The number of aromatic nitrogens is 1. The largest absolute Gasteiger partial charge is 0.465 e. The number of pyridine rings is 1. The first-order valence-electron chi connectivity index (χ1n) is 14.5. The van der Waals surface area contributed by atoms with E-state index in [1.165, 1.54) is 0 Å². The van der Waals surface area contributed by atoms with Gasteiger partial charge in [-0.2, -0.15) is 11.3 Å². The number of rotatable bonds is 11. The molecule has 41 heavy (non-hydrogen) atoms. The summed E-state index contributed by atoms with van der Waals surface area (Å²) in [7, 11) is 3.90. The fourth-order valence-electron chi connectivity index (χ4n) is 6.25. The summed E-state index contributed by atoms with van der Waals surface area (Å²) in [4.78, 5) is 31.6. The molecule has 2 aliphatic rings. The summed E-state index contributed by atoms with van der Waals surface area (Å²) in [6.07, 6.45) is 8.23. The fraction of sp³-hybridized carbons (Fsp3) is 0.469. The smallest absolute Gasteiger partial charge is 0.405 e. The molecule has 9 heteroatoms. The lowest BCUT2D eigenvalue weighted by atomic mass is 9.71. The van der Waals surface area contributed by atoms with Crippen LogP contribution in [0.15, 0.2) is 53.4 Å². The van der Waals surface area contributed by atoms with Crippen molar-refractivity contribution in [1.29, 1.82) is 0 Å². The van der Waals surface area contributed by atoms with E-state index in [2.05, 4.69) is 34.0 Å². The van der Waals surface area contributed by atoms with Gasteiger partial charge in [-0.15, -0.1) is 0 Å². The van der Waals surface area contributed by atoms with Crippen LogP contribution >= 0.6 is 11.3 Å². The zero-order chi connectivity index (χ0) is 28.8. The van der Waals surface area contributed by atoms with Crippen molar-refractivity contribution in [2.75, 3.05) is 32.6 Å². The van der Waals surface area contributed by atoms with Crippen LogP contribution in [0.1, 0.15) is 56.9 Å². The molecule has 2 aromatic heterocycles. The second-order valence-electron chi connectivity index (χ2n) is 11.5. The third-order valence-electron chi connectivity index (χ3n) is 8.83. The quantitative estimate of drug-likeness (QED) is 0.238. The van der Waals surface area contributed by atoms with Gasteiger partial charge in [-0.1, -0.05) is 24.3 Å². The number of carbonyl (C=O) groups excluding carboxylic acids is 1. The molecule has 2 aliphatic carbocycles. The minimum Gasteiger partial charge on any atom is -0.465 e. The molecule has 2 heterocycles. The van der Waals surface area contributed by atoms with E-state index in [1.807, 2.05) is 35.7 Å². The Hall–Kier alpha value is -3.27. The first-order valence-corrected chi connectivity index (χ1v) is 15.4. The van der Waals surface area contributed by atoms with Crippen molar-refractivity contribution in [1.82, 2.24) is 15.2 Å². The van der Waals surface area contributed by atoms with Gasteiger partial charge in [0.25, 0.3) is 0 Å². The fourth-order valence-corrected chi connectivity index (χ4v) is 6.91. The lowest BCUT2D eigenvalue weighted by Gasteiger charge is -2.42. The molecule has 2 amide bonds. The predicted molar refractivity (Wildman–Crippen MR) is 163 cm³/mol. The first-order chi connectivity index (χ1) is 19.9. The Morgan fingerprint density at radius 2 is 1.88 bits per heavy atom. The minimum absolute atomic E-state index is 0.0353. The Morgan fingerprint density at radius 3 is 2.49 bits per heavy atom. The summed E-state index contributed by atoms with van der Waals surface area (Å²) < 4.78 is 5.21. The summed E-state index contributed by atoms with van der Waals surface area (Å²) in [5.74, 6) is 0.437. The molecule has 8 nitrogen and oxygen atoms in total. The molecular formula is C32H40N4O4S. The van der Waals surface area contributed by atoms with E-state index >= 15 is 0 Å². The lowest BCUT2D eigenvalue weighted by molar-refractivity contribution is -0.117. The first kappa shape index (κ1) is 29.2. The topological polar surface area (TPSA) is 104 Å². The van der Waals surface area contributed by atoms with Crippen molar-refractivity contribution in [3.05, 3.63) is 58.9 Å². The van der Waals surface area contributed by atoms with Gasteiger partial charge in [-0.3, -0.25) is 9.78 Å². The number of benzene rings is 1. The molecule has 0 spiro atoms. The third-order valence-corrected chi connectivity index (χ3v) is 9.51. The van der Waals surface area contributed by atoms with Crippen LogP contribution in [0.25, 0.3) is 22.4 Å². The average Bonchev–Trinajstić information content (AvgIpc) is 3.49. The minimum atomic E-state index is -0.994. The van der Waals surface area contributed by atoms with Crippen molar-refractivity contribution in [3.63, 3.8) is 0 Å². The van der Waals surface area contributed by atoms with Crippen LogP contribution in [-0.4, -0.2) is 60.3 Å². The number of nitrogens with zero attached hydrogens (tertiary/aromatic N) is 2. The van der Waals surface area contributed by atoms with Gasteiger partial charge in [0.05, 0.1) is 29.7 Å². The number of amides is 2. The highest BCUT2D eigenvalue weighted by Crippen LogP contribution is 2.42. The molecular weight excluding hydrogens is 536 g/mol. The number of anilines is 1. The summed E-state index contributed by atoms with van der Waals surface area (Å²) >= 11 is 1.62. The number of methoxy groups -OCH3 is 1. The number of carboxylic acid groups (broad SMARTS) is 1. The lowest BCUT2D eigenvalue weighted by Crippen LogP contribution is -2.50. The highest BCUT2D eigenvalue weighted by molar-refractivity contribution is 7.08. The van der Waals surface area contributed by atoms with Crippen LogP contribution in [-0.2, 0) is 15.1 Å². The average molecular weight is 577 g/mol. The maximum absolute atomic E-state index is 13.0. The van der Waals surface area contributed by atoms with Crippen LogP contribution in [0.3, 0.4) is 0 Å². The van der Waals surface area contributed by atoms with Crippen LogP contribution in [0.4, 0.5) is 10.5 Å². The highest BCUT2D eigenvalue weighted by Gasteiger charge is 2.40. The Labute approximate surface area is 246 Å². The SMILES string of the molecule is COCCN(C)[C@H]1CC[C@H](CC(=O)Nc2cnc(-c3ccc(C4(NC(=O)O)CCC4)cc3)c(-c3ccsc3)c2)CC1. The molecule has 1 aromatic carbocycles. The van der Waals surface area contributed by atoms with Crippen LogP contribution < -0.4 is 10.6 Å². The van der Waals surface area contributed by atoms with Crippen molar-refractivity contribution < 1.29 is 19.4 Å². The van der Waals surface area contributed by atoms with E-state index in [-0.39, 0.29) is 5.91 Å². The van der Waals surface area contributed by atoms with Crippen molar-refractivity contribution >= 4 is 29.0 Å². The number of hydrogen-bond acceptors (Lipinski definition) is 6. The number of nitrogens with one attached hydrogen (secondary N) is 2. The van der Waals surface area contributed by atoms with Gasteiger partial charge in [0.1, 0.15) is 0 Å². The zero-order valence-corrected chi connectivity index (χ0v) is 24.7. The van der Waals surface area contributed by atoms with Gasteiger partial charge in [0, 0.05) is 37.2 Å². The van der Waals surface area contributed by atoms with Gasteiger partial charge < -0.3 is 25.4 Å². The molecule has 0 bridgehead atoms. The highest BCUT2D eigenvalue weighted by atomic mass is 32.1.